The van der Waals surface area contributed by atoms with E-state index < -0.39 is 5.38 Å². The van der Waals surface area contributed by atoms with Gasteiger partial charge in [0.15, 0.2) is 0 Å². The first-order valence-corrected chi connectivity index (χ1v) is 6.02. The highest BCUT2D eigenvalue weighted by molar-refractivity contribution is 6.22. The highest BCUT2D eigenvalue weighted by Gasteiger charge is 2.18. The zero-order valence-electron chi connectivity index (χ0n) is 9.41. The van der Waals surface area contributed by atoms with Gasteiger partial charge in [0, 0.05) is 18.8 Å². The molecule has 0 radical (unpaired) electrons. The summed E-state index contributed by atoms with van der Waals surface area (Å²) in [6, 6.07) is 8.57. The van der Waals surface area contributed by atoms with Crippen molar-refractivity contribution in [3.05, 3.63) is 29.3 Å². The molecule has 84 valence electrons. The number of benzene rings is 1. The van der Waals surface area contributed by atoms with E-state index in [1.54, 1.807) is 0 Å². The molecule has 2 nitrogen and oxygen atoms in total. The van der Waals surface area contributed by atoms with Crippen molar-refractivity contribution in [1.82, 2.24) is 0 Å². The number of halogens is 1. The summed E-state index contributed by atoms with van der Waals surface area (Å²) in [5.41, 5.74) is 3.93. The van der Waals surface area contributed by atoms with E-state index in [-0.39, 0.29) is 0 Å². The Morgan fingerprint density at radius 2 is 2.38 bits per heavy atom. The topological polar surface area (TPSA) is 27.0 Å². The van der Waals surface area contributed by atoms with E-state index in [0.29, 0.717) is 6.54 Å². The van der Waals surface area contributed by atoms with Gasteiger partial charge in [-0.05, 0) is 31.4 Å². The van der Waals surface area contributed by atoms with Crippen LogP contribution in [0, 0.1) is 18.3 Å². The average Bonchev–Trinajstić information content (AvgIpc) is 2.28. The number of alkyl halides is 1. The van der Waals surface area contributed by atoms with Gasteiger partial charge < -0.3 is 4.90 Å². The van der Waals surface area contributed by atoms with Gasteiger partial charge in [0.2, 0.25) is 0 Å². The summed E-state index contributed by atoms with van der Waals surface area (Å²) in [5.74, 6) is 0. The molecule has 3 heteroatoms. The summed E-state index contributed by atoms with van der Waals surface area (Å²) in [4.78, 5) is 2.22. The van der Waals surface area contributed by atoms with E-state index in [1.807, 2.05) is 0 Å². The van der Waals surface area contributed by atoms with Gasteiger partial charge in [-0.15, -0.1) is 11.6 Å². The lowest BCUT2D eigenvalue weighted by molar-refractivity contribution is 0.695. The number of fused-ring (bicyclic) bond motifs is 1. The van der Waals surface area contributed by atoms with Gasteiger partial charge in [0.05, 0.1) is 6.07 Å². The lowest BCUT2D eigenvalue weighted by Gasteiger charge is -2.31. The predicted molar refractivity (Wildman–Crippen MR) is 67.0 cm³/mol. The van der Waals surface area contributed by atoms with Crippen molar-refractivity contribution in [1.29, 1.82) is 5.26 Å². The second kappa shape index (κ2) is 4.76. The molecule has 2 rings (SSSR count). The van der Waals surface area contributed by atoms with Crippen LogP contribution in [-0.4, -0.2) is 18.5 Å². The lowest BCUT2D eigenvalue weighted by Crippen LogP contribution is -2.34. The lowest BCUT2D eigenvalue weighted by atomic mass is 9.99. The molecule has 1 heterocycles. The van der Waals surface area contributed by atoms with Gasteiger partial charge in [-0.2, -0.15) is 5.26 Å². The summed E-state index contributed by atoms with van der Waals surface area (Å²) in [6.07, 6.45) is 2.28. The molecule has 0 saturated heterocycles. The van der Waals surface area contributed by atoms with Crippen molar-refractivity contribution >= 4 is 17.3 Å². The number of rotatable bonds is 2. The molecular formula is C13H15ClN2. The van der Waals surface area contributed by atoms with Gasteiger partial charge in [-0.25, -0.2) is 0 Å². The fraction of sp³-hybridized carbons (Fsp3) is 0.462. The minimum absolute atomic E-state index is 0.424. The van der Waals surface area contributed by atoms with Crippen LogP contribution in [0.3, 0.4) is 0 Å². The van der Waals surface area contributed by atoms with Crippen LogP contribution in [0.1, 0.15) is 17.5 Å². The maximum atomic E-state index is 8.75. The Kier molecular flexibility index (Phi) is 3.36. The Bertz CT molecular complexity index is 422. The molecule has 1 aromatic rings. The standard InChI is InChI=1S/C13H15ClN2/c1-10-4-5-13-11(7-10)3-2-6-16(13)9-12(14)8-15/h4-5,7,12H,2-3,6,9H2,1H3. The second-order valence-electron chi connectivity index (χ2n) is 4.28. The van der Waals surface area contributed by atoms with Crippen LogP contribution in [0.2, 0.25) is 0 Å². The molecule has 1 unspecified atom stereocenters. The number of hydrogen-bond donors (Lipinski definition) is 0. The van der Waals surface area contributed by atoms with E-state index in [1.165, 1.54) is 16.8 Å². The average molecular weight is 235 g/mol. The van der Waals surface area contributed by atoms with E-state index in [0.717, 1.165) is 19.4 Å². The summed E-state index contributed by atoms with van der Waals surface area (Å²) >= 11 is 5.89. The number of nitrogens with zero attached hydrogens (tertiary/aromatic N) is 2. The van der Waals surface area contributed by atoms with Gasteiger partial charge in [-0.3, -0.25) is 0 Å². The molecule has 1 aliphatic heterocycles. The van der Waals surface area contributed by atoms with E-state index >= 15 is 0 Å². The molecule has 1 atom stereocenters. The van der Waals surface area contributed by atoms with Crippen LogP contribution in [0.4, 0.5) is 5.69 Å². The van der Waals surface area contributed by atoms with Gasteiger partial charge in [0.1, 0.15) is 5.38 Å². The van der Waals surface area contributed by atoms with Crippen molar-refractivity contribution in [2.75, 3.05) is 18.0 Å². The number of nitriles is 1. The molecule has 0 aliphatic carbocycles. The number of anilines is 1. The molecular weight excluding hydrogens is 220 g/mol. The molecule has 16 heavy (non-hydrogen) atoms. The molecule has 0 saturated carbocycles. The normalized spacial score (nSPS) is 16.4. The monoisotopic (exact) mass is 234 g/mol. The van der Waals surface area contributed by atoms with Crippen molar-refractivity contribution < 1.29 is 0 Å². The van der Waals surface area contributed by atoms with Crippen LogP contribution in [-0.2, 0) is 6.42 Å². The Morgan fingerprint density at radius 1 is 1.56 bits per heavy atom. The fourth-order valence-corrected chi connectivity index (χ4v) is 2.39. The Morgan fingerprint density at radius 3 is 3.12 bits per heavy atom. The van der Waals surface area contributed by atoms with E-state index in [9.17, 15) is 0 Å². The molecule has 0 amide bonds. The molecule has 0 N–H and O–H groups in total. The number of aryl methyl sites for hydroxylation is 2. The van der Waals surface area contributed by atoms with Crippen LogP contribution in [0.25, 0.3) is 0 Å². The van der Waals surface area contributed by atoms with Crippen molar-refractivity contribution in [3.8, 4) is 6.07 Å². The minimum Gasteiger partial charge on any atom is -0.369 e. The van der Waals surface area contributed by atoms with Crippen LogP contribution < -0.4 is 4.90 Å². The Labute approximate surface area is 101 Å². The first kappa shape index (κ1) is 11.3. The highest BCUT2D eigenvalue weighted by Crippen LogP contribution is 2.28. The Balaban J connectivity index is 2.23. The number of hydrogen-bond acceptors (Lipinski definition) is 2. The van der Waals surface area contributed by atoms with Crippen molar-refractivity contribution in [2.45, 2.75) is 25.1 Å². The summed E-state index contributed by atoms with van der Waals surface area (Å²) in [5, 5.41) is 8.33. The summed E-state index contributed by atoms with van der Waals surface area (Å²) < 4.78 is 0. The van der Waals surface area contributed by atoms with Crippen molar-refractivity contribution in [3.63, 3.8) is 0 Å². The minimum atomic E-state index is -0.424. The second-order valence-corrected chi connectivity index (χ2v) is 4.81. The third-order valence-electron chi connectivity index (χ3n) is 2.97. The van der Waals surface area contributed by atoms with Crippen molar-refractivity contribution in [2.24, 2.45) is 0 Å². The summed E-state index contributed by atoms with van der Waals surface area (Å²) in [7, 11) is 0. The maximum absolute atomic E-state index is 8.75. The van der Waals surface area contributed by atoms with E-state index in [2.05, 4.69) is 36.1 Å². The third-order valence-corrected chi connectivity index (χ3v) is 3.21. The zero-order chi connectivity index (χ0) is 11.5. The predicted octanol–water partition coefficient (Wildman–Crippen LogP) is 2.88. The van der Waals surface area contributed by atoms with E-state index in [4.69, 9.17) is 16.9 Å². The van der Waals surface area contributed by atoms with Crippen LogP contribution in [0.15, 0.2) is 18.2 Å². The quantitative estimate of drug-likeness (QED) is 0.736. The molecule has 1 aliphatic rings. The largest absolute Gasteiger partial charge is 0.369 e. The van der Waals surface area contributed by atoms with Gasteiger partial charge in [0.25, 0.3) is 0 Å². The van der Waals surface area contributed by atoms with Crippen LogP contribution in [0.5, 0.6) is 0 Å². The smallest absolute Gasteiger partial charge is 0.137 e. The maximum Gasteiger partial charge on any atom is 0.137 e. The first-order chi connectivity index (χ1) is 7.70. The summed E-state index contributed by atoms with van der Waals surface area (Å²) in [6.45, 7) is 3.73. The fourth-order valence-electron chi connectivity index (χ4n) is 2.23. The third kappa shape index (κ3) is 2.31. The zero-order valence-corrected chi connectivity index (χ0v) is 10.2. The van der Waals surface area contributed by atoms with Gasteiger partial charge in [-0.1, -0.05) is 17.7 Å². The molecule has 0 aromatic heterocycles. The molecule has 0 fully saturated rings. The SMILES string of the molecule is Cc1ccc2c(c1)CCCN2CC(Cl)C#N. The molecule has 1 aromatic carbocycles. The van der Waals surface area contributed by atoms with Gasteiger partial charge >= 0.3 is 0 Å². The first-order valence-electron chi connectivity index (χ1n) is 5.59. The molecule has 0 bridgehead atoms. The highest BCUT2D eigenvalue weighted by atomic mass is 35.5. The van der Waals surface area contributed by atoms with Crippen LogP contribution >= 0.6 is 11.6 Å². The Hall–Kier alpha value is -1.20. The molecule has 0 spiro atoms.